The van der Waals surface area contributed by atoms with Crippen LogP contribution in [0.15, 0.2) is 42.5 Å². The maximum Gasteiger partial charge on any atom is 0.261 e. The zero-order valence-electron chi connectivity index (χ0n) is 18.4. The number of nitrogens with zero attached hydrogens (tertiary/aromatic N) is 1. The first-order chi connectivity index (χ1) is 14.2. The number of halogens is 1. The summed E-state index contributed by atoms with van der Waals surface area (Å²) in [6.45, 7) is 10.4. The van der Waals surface area contributed by atoms with Gasteiger partial charge in [-0.2, -0.15) is 0 Å². The molecule has 2 rings (SSSR count). The monoisotopic (exact) mass is 430 g/mol. The molecule has 0 heterocycles. The van der Waals surface area contributed by atoms with Crippen molar-refractivity contribution in [3.05, 3.63) is 64.2 Å². The molecular weight excluding hydrogens is 400 g/mol. The molecule has 0 aromatic heterocycles. The Morgan fingerprint density at radius 3 is 2.47 bits per heavy atom. The lowest BCUT2D eigenvalue weighted by atomic mass is 10.1. The number of benzene rings is 2. The smallest absolute Gasteiger partial charge is 0.261 e. The number of rotatable bonds is 9. The van der Waals surface area contributed by atoms with E-state index in [2.05, 4.69) is 5.32 Å². The van der Waals surface area contributed by atoms with E-state index in [9.17, 15) is 9.59 Å². The molecule has 0 aliphatic carbocycles. The summed E-state index contributed by atoms with van der Waals surface area (Å²) in [5.41, 5.74) is 2.95. The second-order valence-corrected chi connectivity index (χ2v) is 8.46. The van der Waals surface area contributed by atoms with Gasteiger partial charge in [-0.05, 0) is 56.0 Å². The van der Waals surface area contributed by atoms with Crippen LogP contribution in [0.2, 0.25) is 5.02 Å². The standard InChI is InChI=1S/C24H31ClN2O3/c1-16(2)13-26-24(29)19(5)27(14-20-7-6-8-21(25)12-20)23(28)15-30-22-10-9-17(3)11-18(22)4/h6-12,16,19H,13-15H2,1-5H3,(H,26,29)/t19-/m1/s1. The molecule has 30 heavy (non-hydrogen) atoms. The zero-order chi connectivity index (χ0) is 22.3. The van der Waals surface area contributed by atoms with Gasteiger partial charge in [-0.15, -0.1) is 0 Å². The molecule has 0 aliphatic heterocycles. The van der Waals surface area contributed by atoms with Crippen molar-refractivity contribution in [1.82, 2.24) is 10.2 Å². The highest BCUT2D eigenvalue weighted by atomic mass is 35.5. The van der Waals surface area contributed by atoms with Crippen LogP contribution >= 0.6 is 11.6 Å². The lowest BCUT2D eigenvalue weighted by molar-refractivity contribution is -0.142. The van der Waals surface area contributed by atoms with Gasteiger partial charge in [-0.1, -0.05) is 55.3 Å². The Balaban J connectivity index is 2.15. The molecule has 0 radical (unpaired) electrons. The average molecular weight is 431 g/mol. The summed E-state index contributed by atoms with van der Waals surface area (Å²) < 4.78 is 5.78. The molecule has 2 aromatic rings. The third-order valence-electron chi connectivity index (χ3n) is 4.78. The Kier molecular flexibility index (Phi) is 8.72. The van der Waals surface area contributed by atoms with E-state index in [-0.39, 0.29) is 25.0 Å². The molecule has 5 nitrogen and oxygen atoms in total. The van der Waals surface area contributed by atoms with Crippen LogP contribution in [0.25, 0.3) is 0 Å². The third-order valence-corrected chi connectivity index (χ3v) is 5.01. The molecule has 2 aromatic carbocycles. The van der Waals surface area contributed by atoms with Gasteiger partial charge in [0, 0.05) is 18.1 Å². The summed E-state index contributed by atoms with van der Waals surface area (Å²) in [6, 6.07) is 12.5. The fourth-order valence-corrected chi connectivity index (χ4v) is 3.26. The van der Waals surface area contributed by atoms with E-state index in [0.717, 1.165) is 16.7 Å². The van der Waals surface area contributed by atoms with Crippen molar-refractivity contribution in [1.29, 1.82) is 0 Å². The first kappa shape index (κ1) is 23.7. The van der Waals surface area contributed by atoms with Crippen LogP contribution in [0, 0.1) is 19.8 Å². The number of nitrogens with one attached hydrogen (secondary N) is 1. The minimum Gasteiger partial charge on any atom is -0.483 e. The highest BCUT2D eigenvalue weighted by Crippen LogP contribution is 2.20. The van der Waals surface area contributed by atoms with Crippen LogP contribution in [0.5, 0.6) is 5.75 Å². The molecule has 0 unspecified atom stereocenters. The molecule has 6 heteroatoms. The SMILES string of the molecule is Cc1ccc(OCC(=O)N(Cc2cccc(Cl)c2)[C@H](C)C(=O)NCC(C)C)c(C)c1. The lowest BCUT2D eigenvalue weighted by Gasteiger charge is -2.29. The van der Waals surface area contributed by atoms with Crippen LogP contribution in [0.4, 0.5) is 0 Å². The molecule has 1 atom stereocenters. The number of hydrogen-bond donors (Lipinski definition) is 1. The predicted molar refractivity (Wildman–Crippen MR) is 121 cm³/mol. The van der Waals surface area contributed by atoms with E-state index in [0.29, 0.717) is 23.2 Å². The number of ether oxygens (including phenoxy) is 1. The Labute approximate surface area is 184 Å². The molecule has 2 amide bonds. The highest BCUT2D eigenvalue weighted by Gasteiger charge is 2.26. The first-order valence-electron chi connectivity index (χ1n) is 10.2. The van der Waals surface area contributed by atoms with Gasteiger partial charge < -0.3 is 15.0 Å². The molecule has 0 aliphatic rings. The van der Waals surface area contributed by atoms with Gasteiger partial charge in [0.25, 0.3) is 5.91 Å². The lowest BCUT2D eigenvalue weighted by Crippen LogP contribution is -2.49. The van der Waals surface area contributed by atoms with Crippen LogP contribution < -0.4 is 10.1 Å². The van der Waals surface area contributed by atoms with Crippen molar-refractivity contribution >= 4 is 23.4 Å². The van der Waals surface area contributed by atoms with Crippen molar-refractivity contribution in [2.45, 2.75) is 47.2 Å². The number of carbonyl (C=O) groups excluding carboxylic acids is 2. The average Bonchev–Trinajstić information content (AvgIpc) is 2.68. The van der Waals surface area contributed by atoms with Gasteiger partial charge in [-0.25, -0.2) is 0 Å². The predicted octanol–water partition coefficient (Wildman–Crippen LogP) is 4.53. The van der Waals surface area contributed by atoms with Gasteiger partial charge >= 0.3 is 0 Å². The van der Waals surface area contributed by atoms with Gasteiger partial charge in [-0.3, -0.25) is 9.59 Å². The van der Waals surface area contributed by atoms with Gasteiger partial charge in [0.1, 0.15) is 11.8 Å². The van der Waals surface area contributed by atoms with E-state index in [1.54, 1.807) is 19.1 Å². The van der Waals surface area contributed by atoms with Crippen LogP contribution in [-0.4, -0.2) is 35.9 Å². The van der Waals surface area contributed by atoms with Crippen LogP contribution in [0.1, 0.15) is 37.5 Å². The van der Waals surface area contributed by atoms with Crippen LogP contribution in [-0.2, 0) is 16.1 Å². The van der Waals surface area contributed by atoms with Gasteiger partial charge in [0.2, 0.25) is 5.91 Å². The summed E-state index contributed by atoms with van der Waals surface area (Å²) in [4.78, 5) is 27.2. The topological polar surface area (TPSA) is 58.6 Å². The summed E-state index contributed by atoms with van der Waals surface area (Å²) in [7, 11) is 0. The largest absolute Gasteiger partial charge is 0.483 e. The van der Waals surface area contributed by atoms with Crippen LogP contribution in [0.3, 0.4) is 0 Å². The molecule has 0 spiro atoms. The second-order valence-electron chi connectivity index (χ2n) is 8.02. The van der Waals surface area contributed by atoms with E-state index in [1.807, 2.05) is 58.0 Å². The molecule has 162 valence electrons. The minimum absolute atomic E-state index is 0.147. The molecule has 0 fully saturated rings. The zero-order valence-corrected chi connectivity index (χ0v) is 19.1. The van der Waals surface area contributed by atoms with Gasteiger partial charge in [0.05, 0.1) is 0 Å². The maximum absolute atomic E-state index is 13.1. The van der Waals surface area contributed by atoms with Crippen molar-refractivity contribution in [3.8, 4) is 5.75 Å². The Morgan fingerprint density at radius 1 is 1.10 bits per heavy atom. The fraction of sp³-hybridized carbons (Fsp3) is 0.417. The van der Waals surface area contributed by atoms with Crippen molar-refractivity contribution in [2.24, 2.45) is 5.92 Å². The molecule has 0 bridgehead atoms. The Hall–Kier alpha value is -2.53. The van der Waals surface area contributed by atoms with E-state index >= 15 is 0 Å². The maximum atomic E-state index is 13.1. The number of carbonyl (C=O) groups is 2. The molecule has 0 saturated heterocycles. The molecule has 1 N–H and O–H groups in total. The Morgan fingerprint density at radius 2 is 1.83 bits per heavy atom. The van der Waals surface area contributed by atoms with Gasteiger partial charge in [0.15, 0.2) is 6.61 Å². The number of hydrogen-bond acceptors (Lipinski definition) is 3. The number of amides is 2. The third kappa shape index (κ3) is 7.06. The summed E-state index contributed by atoms with van der Waals surface area (Å²) in [6.07, 6.45) is 0. The van der Waals surface area contributed by atoms with Crippen molar-refractivity contribution in [2.75, 3.05) is 13.2 Å². The Bertz CT molecular complexity index is 883. The van der Waals surface area contributed by atoms with Crippen molar-refractivity contribution < 1.29 is 14.3 Å². The van der Waals surface area contributed by atoms with E-state index in [4.69, 9.17) is 16.3 Å². The fourth-order valence-electron chi connectivity index (χ4n) is 3.05. The first-order valence-corrected chi connectivity index (χ1v) is 10.6. The molecular formula is C24H31ClN2O3. The summed E-state index contributed by atoms with van der Waals surface area (Å²) in [5.74, 6) is 0.535. The molecule has 0 saturated carbocycles. The quantitative estimate of drug-likeness (QED) is 0.636. The number of aryl methyl sites for hydroxylation is 2. The summed E-state index contributed by atoms with van der Waals surface area (Å²) >= 11 is 6.10. The van der Waals surface area contributed by atoms with E-state index < -0.39 is 6.04 Å². The van der Waals surface area contributed by atoms with E-state index in [1.165, 1.54) is 4.90 Å². The second kappa shape index (κ2) is 11.0. The minimum atomic E-state index is -0.641. The van der Waals surface area contributed by atoms with Crippen molar-refractivity contribution in [3.63, 3.8) is 0 Å². The highest BCUT2D eigenvalue weighted by molar-refractivity contribution is 6.30. The normalized spacial score (nSPS) is 11.8. The summed E-state index contributed by atoms with van der Waals surface area (Å²) in [5, 5.41) is 3.49.